The summed E-state index contributed by atoms with van der Waals surface area (Å²) >= 11 is 8.43. The molecule has 0 spiro atoms. The van der Waals surface area contributed by atoms with Crippen molar-refractivity contribution in [2.24, 2.45) is 0 Å². The van der Waals surface area contributed by atoms with Gasteiger partial charge >= 0.3 is 0 Å². The third-order valence-corrected chi connectivity index (χ3v) is 6.22. The Hall–Kier alpha value is -1.76. The molecule has 1 saturated heterocycles. The molecule has 6 heteroatoms. The topological polar surface area (TPSA) is 29.5 Å². The highest BCUT2D eigenvalue weighted by atomic mass is 32.2. The van der Waals surface area contributed by atoms with Gasteiger partial charge in [0, 0.05) is 4.90 Å². The van der Waals surface area contributed by atoms with Gasteiger partial charge in [0.05, 0.1) is 16.7 Å². The lowest BCUT2D eigenvalue weighted by Crippen LogP contribution is -2.27. The van der Waals surface area contributed by atoms with Gasteiger partial charge in [0.15, 0.2) is 4.32 Å². The molecule has 3 rings (SSSR count). The molecule has 2 aromatic carbocycles. The van der Waals surface area contributed by atoms with Crippen LogP contribution in [0.1, 0.15) is 25.8 Å². The summed E-state index contributed by atoms with van der Waals surface area (Å²) in [5, 5.41) is 0. The Morgan fingerprint density at radius 1 is 1.26 bits per heavy atom. The zero-order chi connectivity index (χ0) is 19.4. The third-order valence-electron chi connectivity index (χ3n) is 4.20. The molecule has 0 aliphatic carbocycles. The molecule has 0 unspecified atom stereocenters. The Morgan fingerprint density at radius 2 is 2.00 bits per heavy atom. The summed E-state index contributed by atoms with van der Waals surface area (Å²) in [6, 6.07) is 15.6. The first kappa shape index (κ1) is 20.0. The molecule has 0 bridgehead atoms. The van der Waals surface area contributed by atoms with E-state index < -0.39 is 0 Å². The highest BCUT2D eigenvalue weighted by Gasteiger charge is 2.33. The van der Waals surface area contributed by atoms with Crippen LogP contribution in [-0.4, -0.2) is 22.6 Å². The van der Waals surface area contributed by atoms with Crippen molar-refractivity contribution in [3.63, 3.8) is 0 Å². The summed E-state index contributed by atoms with van der Waals surface area (Å²) in [6.45, 7) is 4.14. The van der Waals surface area contributed by atoms with Gasteiger partial charge in [0.2, 0.25) is 0 Å². The van der Waals surface area contributed by atoms with Crippen LogP contribution in [0.15, 0.2) is 58.3 Å². The number of thioether (sulfide) groups is 2. The van der Waals surface area contributed by atoms with Gasteiger partial charge in [-0.1, -0.05) is 49.1 Å². The fourth-order valence-electron chi connectivity index (χ4n) is 2.55. The predicted octanol–water partition coefficient (Wildman–Crippen LogP) is 5.99. The average Bonchev–Trinajstić information content (AvgIpc) is 2.96. The first-order valence-corrected chi connectivity index (χ1v) is 11.2. The molecule has 0 saturated carbocycles. The van der Waals surface area contributed by atoms with Crippen molar-refractivity contribution >= 4 is 57.7 Å². The lowest BCUT2D eigenvalue weighted by molar-refractivity contribution is -0.113. The number of benzene rings is 2. The number of hydrogen-bond acceptors (Lipinski definition) is 5. The van der Waals surface area contributed by atoms with E-state index in [2.05, 4.69) is 6.92 Å². The smallest absolute Gasteiger partial charge is 0.270 e. The second-order valence-corrected chi connectivity index (χ2v) is 8.68. The zero-order valence-corrected chi connectivity index (χ0v) is 17.9. The largest absolute Gasteiger partial charge is 0.491 e. The molecule has 1 aliphatic rings. The lowest BCUT2D eigenvalue weighted by atomic mass is 10.2. The normalized spacial score (nSPS) is 16.9. The number of amides is 1. The fraction of sp³-hybridized carbons (Fsp3) is 0.238. The van der Waals surface area contributed by atoms with Gasteiger partial charge < -0.3 is 4.74 Å². The van der Waals surface area contributed by atoms with E-state index in [0.29, 0.717) is 9.23 Å². The summed E-state index contributed by atoms with van der Waals surface area (Å²) < 4.78 is 6.36. The third kappa shape index (κ3) is 4.75. The van der Waals surface area contributed by atoms with Gasteiger partial charge in [-0.3, -0.25) is 9.69 Å². The SMILES string of the molecule is CC[C@H](C)Oc1ccc(/C=C2\SC(=S)N(c3cccc(SC)c3)C2=O)cc1. The van der Waals surface area contributed by atoms with Crippen molar-refractivity contribution in [2.45, 2.75) is 31.3 Å². The van der Waals surface area contributed by atoms with Gasteiger partial charge in [-0.25, -0.2) is 0 Å². The van der Waals surface area contributed by atoms with Crippen molar-refractivity contribution in [1.82, 2.24) is 0 Å². The standard InChI is InChI=1S/C21H21NO2S3/c1-4-14(2)24-17-10-8-15(9-11-17)12-19-20(23)22(21(25)27-19)16-6-5-7-18(13-16)26-3/h5-14H,4H2,1-3H3/b19-12-/t14-/m0/s1. The summed E-state index contributed by atoms with van der Waals surface area (Å²) in [5.74, 6) is 0.756. The van der Waals surface area contributed by atoms with Crippen LogP contribution < -0.4 is 9.64 Å². The fourth-order valence-corrected chi connectivity index (χ4v) is 4.30. The molecule has 1 atom stereocenters. The van der Waals surface area contributed by atoms with Crippen LogP contribution in [0.2, 0.25) is 0 Å². The molecule has 1 heterocycles. The van der Waals surface area contributed by atoms with Gasteiger partial charge in [-0.15, -0.1) is 11.8 Å². The molecule has 1 aliphatic heterocycles. The number of hydrogen-bond donors (Lipinski definition) is 0. The average molecular weight is 416 g/mol. The molecular formula is C21H21NO2S3. The van der Waals surface area contributed by atoms with E-state index in [1.54, 1.807) is 16.7 Å². The number of rotatable bonds is 6. The Bertz CT molecular complexity index is 877. The quantitative estimate of drug-likeness (QED) is 0.328. The summed E-state index contributed by atoms with van der Waals surface area (Å²) in [6.07, 6.45) is 5.04. The Labute approximate surface area is 174 Å². The van der Waals surface area contributed by atoms with E-state index in [0.717, 1.165) is 28.3 Å². The highest BCUT2D eigenvalue weighted by Crippen LogP contribution is 2.37. The monoisotopic (exact) mass is 415 g/mol. The number of carbonyl (C=O) groups excluding carboxylic acids is 1. The second kappa shape index (κ2) is 8.95. The Morgan fingerprint density at radius 3 is 2.67 bits per heavy atom. The maximum absolute atomic E-state index is 12.9. The maximum Gasteiger partial charge on any atom is 0.270 e. The molecule has 3 nitrogen and oxygen atoms in total. The highest BCUT2D eigenvalue weighted by molar-refractivity contribution is 8.27. The molecule has 1 fully saturated rings. The van der Waals surface area contributed by atoms with Crippen LogP contribution in [0.4, 0.5) is 5.69 Å². The number of thiocarbonyl (C=S) groups is 1. The molecule has 0 radical (unpaired) electrons. The molecule has 1 amide bonds. The van der Waals surface area contributed by atoms with Gasteiger partial charge in [0.1, 0.15) is 5.75 Å². The number of anilines is 1. The van der Waals surface area contributed by atoms with Crippen LogP contribution in [0.25, 0.3) is 6.08 Å². The number of ether oxygens (including phenoxy) is 1. The van der Waals surface area contributed by atoms with Gasteiger partial charge in [-0.05, 0) is 61.6 Å². The van der Waals surface area contributed by atoms with Crippen molar-refractivity contribution in [3.8, 4) is 5.75 Å². The predicted molar refractivity (Wildman–Crippen MR) is 121 cm³/mol. The molecule has 0 N–H and O–H groups in total. The summed E-state index contributed by atoms with van der Waals surface area (Å²) in [5.41, 5.74) is 1.76. The van der Waals surface area contributed by atoms with Crippen molar-refractivity contribution < 1.29 is 9.53 Å². The second-order valence-electron chi connectivity index (χ2n) is 6.12. The van der Waals surface area contributed by atoms with Crippen molar-refractivity contribution in [2.75, 3.05) is 11.2 Å². The first-order chi connectivity index (χ1) is 13.0. The summed E-state index contributed by atoms with van der Waals surface area (Å²) in [4.78, 5) is 16.2. The first-order valence-electron chi connectivity index (χ1n) is 8.70. The molecule has 0 aromatic heterocycles. The van der Waals surface area contributed by atoms with E-state index in [-0.39, 0.29) is 12.0 Å². The van der Waals surface area contributed by atoms with E-state index in [4.69, 9.17) is 17.0 Å². The maximum atomic E-state index is 12.9. The number of carbonyl (C=O) groups is 1. The molecule has 140 valence electrons. The number of nitrogens with zero attached hydrogens (tertiary/aromatic N) is 1. The van der Waals surface area contributed by atoms with Crippen LogP contribution in [0, 0.1) is 0 Å². The Balaban J connectivity index is 1.79. The molecule has 27 heavy (non-hydrogen) atoms. The lowest BCUT2D eigenvalue weighted by Gasteiger charge is -2.15. The van der Waals surface area contributed by atoms with E-state index in [1.165, 1.54) is 11.8 Å². The molecular weight excluding hydrogens is 394 g/mol. The van der Waals surface area contributed by atoms with Crippen molar-refractivity contribution in [3.05, 3.63) is 59.0 Å². The van der Waals surface area contributed by atoms with Crippen molar-refractivity contribution in [1.29, 1.82) is 0 Å². The van der Waals surface area contributed by atoms with Crippen LogP contribution in [-0.2, 0) is 4.79 Å². The summed E-state index contributed by atoms with van der Waals surface area (Å²) in [7, 11) is 0. The van der Waals surface area contributed by atoms with Crippen LogP contribution in [0.5, 0.6) is 5.75 Å². The van der Waals surface area contributed by atoms with Crippen LogP contribution in [0.3, 0.4) is 0 Å². The van der Waals surface area contributed by atoms with Crippen LogP contribution >= 0.6 is 35.7 Å². The minimum atomic E-state index is -0.0804. The van der Waals surface area contributed by atoms with Gasteiger partial charge in [0.25, 0.3) is 5.91 Å². The van der Waals surface area contributed by atoms with E-state index >= 15 is 0 Å². The minimum Gasteiger partial charge on any atom is -0.491 e. The van der Waals surface area contributed by atoms with E-state index in [1.807, 2.05) is 67.8 Å². The molecule has 2 aromatic rings. The van der Waals surface area contributed by atoms with E-state index in [9.17, 15) is 4.79 Å². The zero-order valence-electron chi connectivity index (χ0n) is 15.5. The Kier molecular flexibility index (Phi) is 6.63. The minimum absolute atomic E-state index is 0.0804. The van der Waals surface area contributed by atoms with Gasteiger partial charge in [-0.2, -0.15) is 0 Å².